The number of hydrogen-bond donors (Lipinski definition) is 1. The van der Waals surface area contributed by atoms with Crippen molar-refractivity contribution in [3.63, 3.8) is 0 Å². The van der Waals surface area contributed by atoms with E-state index in [0.29, 0.717) is 16.9 Å². The summed E-state index contributed by atoms with van der Waals surface area (Å²) in [5.41, 5.74) is 0.948. The molecule has 1 heterocycles. The Bertz CT molecular complexity index is 448. The standard InChI is InChI=1S/C15H22ClNS/c1-14(2)10-6-7-15(3,8-10)13(14)17-9-11-4-5-12(16)18-11/h4-5,10,13,17H,6-9H2,1-3H3. The van der Waals surface area contributed by atoms with Crippen molar-refractivity contribution in [2.75, 3.05) is 0 Å². The van der Waals surface area contributed by atoms with Crippen molar-refractivity contribution in [1.29, 1.82) is 0 Å². The molecule has 2 bridgehead atoms. The highest BCUT2D eigenvalue weighted by atomic mass is 35.5. The van der Waals surface area contributed by atoms with Crippen LogP contribution in [0.1, 0.15) is 44.9 Å². The van der Waals surface area contributed by atoms with Crippen LogP contribution in [0.25, 0.3) is 0 Å². The van der Waals surface area contributed by atoms with Gasteiger partial charge in [0.15, 0.2) is 0 Å². The Morgan fingerprint density at radius 3 is 2.72 bits per heavy atom. The third kappa shape index (κ3) is 1.93. The smallest absolute Gasteiger partial charge is 0.0931 e. The van der Waals surface area contributed by atoms with Crippen LogP contribution in [0.15, 0.2) is 12.1 Å². The van der Waals surface area contributed by atoms with Crippen molar-refractivity contribution >= 4 is 22.9 Å². The second kappa shape index (κ2) is 4.22. The Hall–Kier alpha value is -0.0500. The van der Waals surface area contributed by atoms with Crippen LogP contribution in [-0.2, 0) is 6.54 Å². The van der Waals surface area contributed by atoms with Crippen molar-refractivity contribution in [3.8, 4) is 0 Å². The van der Waals surface area contributed by atoms with E-state index in [2.05, 4.69) is 32.2 Å². The molecule has 1 aromatic rings. The maximum Gasteiger partial charge on any atom is 0.0931 e. The van der Waals surface area contributed by atoms with Gasteiger partial charge in [0.05, 0.1) is 4.34 Å². The van der Waals surface area contributed by atoms with Crippen LogP contribution in [-0.4, -0.2) is 6.04 Å². The van der Waals surface area contributed by atoms with Crippen LogP contribution in [0.4, 0.5) is 0 Å². The van der Waals surface area contributed by atoms with Crippen molar-refractivity contribution in [2.24, 2.45) is 16.7 Å². The fourth-order valence-corrected chi connectivity index (χ4v) is 5.50. The van der Waals surface area contributed by atoms with E-state index in [1.807, 2.05) is 6.07 Å². The molecule has 0 aromatic carbocycles. The normalized spacial score (nSPS) is 37.3. The molecule has 3 unspecified atom stereocenters. The first-order valence-electron chi connectivity index (χ1n) is 6.89. The number of thiophene rings is 1. The van der Waals surface area contributed by atoms with Crippen molar-refractivity contribution in [2.45, 2.75) is 52.6 Å². The number of fused-ring (bicyclic) bond motifs is 2. The molecule has 2 fully saturated rings. The molecule has 18 heavy (non-hydrogen) atoms. The van der Waals surface area contributed by atoms with Gasteiger partial charge in [-0.15, -0.1) is 11.3 Å². The zero-order valence-corrected chi connectivity index (χ0v) is 13.0. The van der Waals surface area contributed by atoms with Gasteiger partial charge in [0.1, 0.15) is 0 Å². The average molecular weight is 284 g/mol. The van der Waals surface area contributed by atoms with Crippen LogP contribution in [0.2, 0.25) is 4.34 Å². The van der Waals surface area contributed by atoms with Gasteiger partial charge in [-0.05, 0) is 48.1 Å². The summed E-state index contributed by atoms with van der Waals surface area (Å²) >= 11 is 7.69. The summed E-state index contributed by atoms with van der Waals surface area (Å²) in [6, 6.07) is 4.78. The third-order valence-electron chi connectivity index (χ3n) is 5.38. The lowest BCUT2D eigenvalue weighted by Gasteiger charge is -2.43. The number of hydrogen-bond acceptors (Lipinski definition) is 2. The highest BCUT2D eigenvalue weighted by molar-refractivity contribution is 7.16. The van der Waals surface area contributed by atoms with E-state index in [1.165, 1.54) is 24.1 Å². The molecule has 0 amide bonds. The Morgan fingerprint density at radius 2 is 2.17 bits per heavy atom. The molecule has 3 heteroatoms. The van der Waals surface area contributed by atoms with Crippen molar-refractivity contribution in [1.82, 2.24) is 5.32 Å². The Balaban J connectivity index is 1.72. The van der Waals surface area contributed by atoms with Crippen LogP contribution in [0, 0.1) is 16.7 Å². The van der Waals surface area contributed by atoms with E-state index >= 15 is 0 Å². The monoisotopic (exact) mass is 283 g/mol. The number of rotatable bonds is 3. The minimum Gasteiger partial charge on any atom is -0.308 e. The van der Waals surface area contributed by atoms with Gasteiger partial charge in [-0.3, -0.25) is 0 Å². The highest BCUT2D eigenvalue weighted by Crippen LogP contribution is 2.62. The molecule has 1 nitrogen and oxygen atoms in total. The Kier molecular flexibility index (Phi) is 3.04. The number of nitrogens with one attached hydrogen (secondary N) is 1. The molecule has 2 saturated carbocycles. The number of halogens is 1. The zero-order valence-electron chi connectivity index (χ0n) is 11.4. The van der Waals surface area contributed by atoms with Gasteiger partial charge in [-0.25, -0.2) is 0 Å². The quantitative estimate of drug-likeness (QED) is 0.847. The lowest BCUT2D eigenvalue weighted by atomic mass is 9.68. The van der Waals surface area contributed by atoms with Gasteiger partial charge >= 0.3 is 0 Å². The molecule has 100 valence electrons. The molecular weight excluding hydrogens is 262 g/mol. The second-order valence-electron chi connectivity index (χ2n) is 6.93. The van der Waals surface area contributed by atoms with Gasteiger partial charge in [-0.1, -0.05) is 32.4 Å². The SMILES string of the molecule is CC12CCC(C1)C(C)(C)C2NCc1ccc(Cl)s1. The lowest BCUT2D eigenvalue weighted by molar-refractivity contribution is 0.108. The van der Waals surface area contributed by atoms with E-state index in [-0.39, 0.29) is 0 Å². The molecule has 0 saturated heterocycles. The maximum absolute atomic E-state index is 5.99. The van der Waals surface area contributed by atoms with Crippen LogP contribution >= 0.6 is 22.9 Å². The van der Waals surface area contributed by atoms with Gasteiger partial charge in [-0.2, -0.15) is 0 Å². The first kappa shape index (κ1) is 13.0. The molecule has 2 aliphatic carbocycles. The fraction of sp³-hybridized carbons (Fsp3) is 0.733. The molecule has 0 aliphatic heterocycles. The van der Waals surface area contributed by atoms with E-state index in [0.717, 1.165) is 16.8 Å². The molecule has 1 aromatic heterocycles. The van der Waals surface area contributed by atoms with E-state index in [1.54, 1.807) is 11.3 Å². The molecule has 3 atom stereocenters. The predicted molar refractivity (Wildman–Crippen MR) is 79.2 cm³/mol. The summed E-state index contributed by atoms with van der Waals surface area (Å²) in [7, 11) is 0. The first-order valence-corrected chi connectivity index (χ1v) is 8.09. The average Bonchev–Trinajstić information content (AvgIpc) is 2.89. The fourth-order valence-electron chi connectivity index (χ4n) is 4.46. The summed E-state index contributed by atoms with van der Waals surface area (Å²) in [5, 5.41) is 3.83. The van der Waals surface area contributed by atoms with Crippen LogP contribution in [0.5, 0.6) is 0 Å². The molecule has 0 radical (unpaired) electrons. The topological polar surface area (TPSA) is 12.0 Å². The first-order chi connectivity index (χ1) is 8.42. The molecule has 3 rings (SSSR count). The lowest BCUT2D eigenvalue weighted by Crippen LogP contribution is -2.49. The van der Waals surface area contributed by atoms with Gasteiger partial charge in [0, 0.05) is 17.5 Å². The Labute approximate surface area is 119 Å². The van der Waals surface area contributed by atoms with E-state index in [9.17, 15) is 0 Å². The molecule has 2 aliphatic rings. The largest absolute Gasteiger partial charge is 0.308 e. The van der Waals surface area contributed by atoms with Crippen LogP contribution in [0.3, 0.4) is 0 Å². The van der Waals surface area contributed by atoms with Gasteiger partial charge < -0.3 is 5.32 Å². The van der Waals surface area contributed by atoms with Crippen molar-refractivity contribution < 1.29 is 0 Å². The summed E-state index contributed by atoms with van der Waals surface area (Å²) in [6.07, 6.45) is 4.22. The van der Waals surface area contributed by atoms with Gasteiger partial charge in [0.25, 0.3) is 0 Å². The van der Waals surface area contributed by atoms with E-state index in [4.69, 9.17) is 11.6 Å². The van der Waals surface area contributed by atoms with E-state index < -0.39 is 0 Å². The third-order valence-corrected chi connectivity index (χ3v) is 6.61. The maximum atomic E-state index is 5.99. The summed E-state index contributed by atoms with van der Waals surface area (Å²) in [6.45, 7) is 8.33. The molecule has 0 spiro atoms. The summed E-state index contributed by atoms with van der Waals surface area (Å²) < 4.78 is 0.894. The predicted octanol–water partition coefficient (Wildman–Crippen LogP) is 4.71. The minimum absolute atomic E-state index is 0.439. The van der Waals surface area contributed by atoms with Crippen molar-refractivity contribution in [3.05, 3.63) is 21.3 Å². The zero-order chi connectivity index (χ0) is 13.0. The summed E-state index contributed by atoms with van der Waals surface area (Å²) in [5.74, 6) is 0.909. The van der Waals surface area contributed by atoms with Crippen LogP contribution < -0.4 is 5.32 Å². The molecular formula is C15H22ClNS. The van der Waals surface area contributed by atoms with Gasteiger partial charge in [0.2, 0.25) is 0 Å². The summed E-state index contributed by atoms with van der Waals surface area (Å²) in [4.78, 5) is 1.35. The Morgan fingerprint density at radius 1 is 1.39 bits per heavy atom. The minimum atomic E-state index is 0.439. The highest BCUT2D eigenvalue weighted by Gasteiger charge is 2.58. The molecule has 1 N–H and O–H groups in total. The second-order valence-corrected chi connectivity index (χ2v) is 8.73.